The molecule has 0 saturated carbocycles. The summed E-state index contributed by atoms with van der Waals surface area (Å²) in [4.78, 5) is 11.9. The van der Waals surface area contributed by atoms with Crippen LogP contribution in [0.15, 0.2) is 24.3 Å². The van der Waals surface area contributed by atoms with Crippen molar-refractivity contribution in [1.29, 1.82) is 0 Å². The Morgan fingerprint density at radius 3 is 2.65 bits per heavy atom. The second-order valence-corrected chi connectivity index (χ2v) is 4.46. The van der Waals surface area contributed by atoms with Crippen LogP contribution in [0.4, 0.5) is 0 Å². The van der Waals surface area contributed by atoms with Gasteiger partial charge in [-0.1, -0.05) is 29.8 Å². The minimum atomic E-state index is -0.289. The Morgan fingerprint density at radius 2 is 2.12 bits per heavy atom. The predicted molar refractivity (Wildman–Crippen MR) is 64.9 cm³/mol. The number of esters is 1. The number of methoxy groups -OCH3 is 1. The van der Waals surface area contributed by atoms with Crippen LogP contribution in [-0.4, -0.2) is 25.8 Å². The first-order valence-electron chi connectivity index (χ1n) is 5.98. The van der Waals surface area contributed by atoms with Crippen molar-refractivity contribution in [2.45, 2.75) is 31.8 Å². The maximum atomic E-state index is 11.9. The first kappa shape index (κ1) is 12.1. The standard InChI is InChI=1S/C14H18O3/c1-10-5-7-11(8-6-10)13(14(15)16-2)12-4-3-9-17-12/h5-8,12-13H,3-4,9H2,1-2H3/t12-,13-/m0/s1. The number of hydrogen-bond donors (Lipinski definition) is 0. The average molecular weight is 234 g/mol. The zero-order chi connectivity index (χ0) is 12.3. The number of benzene rings is 1. The summed E-state index contributed by atoms with van der Waals surface area (Å²) in [5.74, 6) is -0.496. The zero-order valence-corrected chi connectivity index (χ0v) is 10.3. The highest BCUT2D eigenvalue weighted by molar-refractivity contribution is 5.79. The van der Waals surface area contributed by atoms with Gasteiger partial charge >= 0.3 is 5.97 Å². The molecule has 2 atom stereocenters. The molecule has 0 aromatic heterocycles. The minimum absolute atomic E-state index is 0.0369. The molecule has 0 radical (unpaired) electrons. The molecule has 0 amide bonds. The molecule has 17 heavy (non-hydrogen) atoms. The van der Waals surface area contributed by atoms with Gasteiger partial charge in [-0.3, -0.25) is 4.79 Å². The Kier molecular flexibility index (Phi) is 3.79. The zero-order valence-electron chi connectivity index (χ0n) is 10.3. The van der Waals surface area contributed by atoms with E-state index in [1.807, 2.05) is 31.2 Å². The van der Waals surface area contributed by atoms with E-state index >= 15 is 0 Å². The highest BCUT2D eigenvalue weighted by Crippen LogP contribution is 2.30. The molecular weight excluding hydrogens is 216 g/mol. The van der Waals surface area contributed by atoms with Gasteiger partial charge < -0.3 is 9.47 Å². The number of ether oxygens (including phenoxy) is 2. The fourth-order valence-corrected chi connectivity index (χ4v) is 2.27. The Labute approximate surface area is 102 Å². The van der Waals surface area contributed by atoms with Crippen molar-refractivity contribution < 1.29 is 14.3 Å². The van der Waals surface area contributed by atoms with Crippen LogP contribution in [0.2, 0.25) is 0 Å². The molecule has 0 bridgehead atoms. The maximum absolute atomic E-state index is 11.9. The highest BCUT2D eigenvalue weighted by Gasteiger charge is 2.33. The topological polar surface area (TPSA) is 35.5 Å². The van der Waals surface area contributed by atoms with E-state index in [0.717, 1.165) is 25.0 Å². The van der Waals surface area contributed by atoms with Crippen molar-refractivity contribution in [2.75, 3.05) is 13.7 Å². The van der Waals surface area contributed by atoms with E-state index in [2.05, 4.69) is 0 Å². The van der Waals surface area contributed by atoms with E-state index in [1.165, 1.54) is 12.7 Å². The molecule has 0 spiro atoms. The Morgan fingerprint density at radius 1 is 1.41 bits per heavy atom. The van der Waals surface area contributed by atoms with Crippen LogP contribution in [-0.2, 0) is 14.3 Å². The van der Waals surface area contributed by atoms with E-state index in [9.17, 15) is 4.79 Å². The quantitative estimate of drug-likeness (QED) is 0.753. The van der Waals surface area contributed by atoms with E-state index in [1.54, 1.807) is 0 Å². The highest BCUT2D eigenvalue weighted by atomic mass is 16.5. The molecule has 92 valence electrons. The van der Waals surface area contributed by atoms with Crippen molar-refractivity contribution in [2.24, 2.45) is 0 Å². The summed E-state index contributed by atoms with van der Waals surface area (Å²) in [7, 11) is 1.43. The van der Waals surface area contributed by atoms with Crippen LogP contribution >= 0.6 is 0 Å². The lowest BCUT2D eigenvalue weighted by atomic mass is 9.91. The summed E-state index contributed by atoms with van der Waals surface area (Å²) >= 11 is 0. The molecule has 1 heterocycles. The molecule has 1 saturated heterocycles. The summed E-state index contributed by atoms with van der Waals surface area (Å²) in [6.45, 7) is 2.77. The van der Waals surface area contributed by atoms with Crippen LogP contribution < -0.4 is 0 Å². The summed E-state index contributed by atoms with van der Waals surface area (Å²) in [5, 5.41) is 0. The lowest BCUT2D eigenvalue weighted by molar-refractivity contribution is -0.145. The third-order valence-corrected chi connectivity index (χ3v) is 3.23. The van der Waals surface area contributed by atoms with E-state index in [-0.39, 0.29) is 18.0 Å². The van der Waals surface area contributed by atoms with Crippen molar-refractivity contribution in [3.05, 3.63) is 35.4 Å². The third-order valence-electron chi connectivity index (χ3n) is 3.23. The maximum Gasteiger partial charge on any atom is 0.315 e. The molecule has 1 aromatic carbocycles. The van der Waals surface area contributed by atoms with Gasteiger partial charge in [-0.2, -0.15) is 0 Å². The second-order valence-electron chi connectivity index (χ2n) is 4.46. The Bertz CT molecular complexity index is 377. The molecule has 1 aliphatic heterocycles. The molecule has 0 N–H and O–H groups in total. The lowest BCUT2D eigenvalue weighted by Gasteiger charge is -2.21. The molecule has 1 aliphatic rings. The minimum Gasteiger partial charge on any atom is -0.468 e. The molecular formula is C14H18O3. The van der Waals surface area contributed by atoms with Crippen molar-refractivity contribution in [1.82, 2.24) is 0 Å². The third kappa shape index (κ3) is 2.67. The van der Waals surface area contributed by atoms with Gasteiger partial charge in [0.25, 0.3) is 0 Å². The molecule has 1 fully saturated rings. The van der Waals surface area contributed by atoms with E-state index in [4.69, 9.17) is 9.47 Å². The first-order valence-corrected chi connectivity index (χ1v) is 5.98. The fourth-order valence-electron chi connectivity index (χ4n) is 2.27. The number of carbonyl (C=O) groups is 1. The van der Waals surface area contributed by atoms with Crippen LogP contribution in [0.5, 0.6) is 0 Å². The van der Waals surface area contributed by atoms with Gasteiger partial charge in [0.15, 0.2) is 0 Å². The molecule has 0 aliphatic carbocycles. The molecule has 3 heteroatoms. The van der Waals surface area contributed by atoms with Gasteiger partial charge in [0.05, 0.1) is 13.2 Å². The van der Waals surface area contributed by atoms with E-state index < -0.39 is 0 Å². The largest absolute Gasteiger partial charge is 0.468 e. The molecule has 3 nitrogen and oxygen atoms in total. The van der Waals surface area contributed by atoms with Crippen LogP contribution in [0.3, 0.4) is 0 Å². The van der Waals surface area contributed by atoms with Gasteiger partial charge in [0, 0.05) is 6.61 Å². The summed E-state index contributed by atoms with van der Waals surface area (Å²) in [6, 6.07) is 8.00. The van der Waals surface area contributed by atoms with Crippen LogP contribution in [0.25, 0.3) is 0 Å². The van der Waals surface area contributed by atoms with E-state index in [0.29, 0.717) is 0 Å². The second kappa shape index (κ2) is 5.32. The van der Waals surface area contributed by atoms with Crippen molar-refractivity contribution in [3.63, 3.8) is 0 Å². The normalized spacial score (nSPS) is 21.2. The Balaban J connectivity index is 2.25. The number of rotatable bonds is 3. The predicted octanol–water partition coefficient (Wildman–Crippen LogP) is 2.43. The van der Waals surface area contributed by atoms with Crippen LogP contribution in [0, 0.1) is 6.92 Å². The smallest absolute Gasteiger partial charge is 0.315 e. The summed E-state index contributed by atoms with van der Waals surface area (Å²) < 4.78 is 10.5. The Hall–Kier alpha value is -1.35. The van der Waals surface area contributed by atoms with Gasteiger partial charge in [0.2, 0.25) is 0 Å². The van der Waals surface area contributed by atoms with Gasteiger partial charge in [-0.15, -0.1) is 0 Å². The number of carbonyl (C=O) groups excluding carboxylic acids is 1. The summed E-state index contributed by atoms with van der Waals surface area (Å²) in [5.41, 5.74) is 2.17. The SMILES string of the molecule is COC(=O)[C@@H](c1ccc(C)cc1)[C@@H]1CCCO1. The molecule has 1 aromatic rings. The van der Waals surface area contributed by atoms with Crippen LogP contribution in [0.1, 0.15) is 29.9 Å². The first-order chi connectivity index (χ1) is 8.22. The average Bonchev–Trinajstić information content (AvgIpc) is 2.85. The van der Waals surface area contributed by atoms with Crippen molar-refractivity contribution >= 4 is 5.97 Å². The van der Waals surface area contributed by atoms with Gasteiger partial charge in [0.1, 0.15) is 5.92 Å². The van der Waals surface area contributed by atoms with Crippen molar-refractivity contribution in [3.8, 4) is 0 Å². The van der Waals surface area contributed by atoms with Gasteiger partial charge in [-0.25, -0.2) is 0 Å². The summed E-state index contributed by atoms with van der Waals surface area (Å²) in [6.07, 6.45) is 1.91. The molecule has 2 rings (SSSR count). The lowest BCUT2D eigenvalue weighted by Crippen LogP contribution is -2.26. The fraction of sp³-hybridized carbons (Fsp3) is 0.500. The van der Waals surface area contributed by atoms with Gasteiger partial charge in [-0.05, 0) is 25.3 Å². The number of hydrogen-bond acceptors (Lipinski definition) is 3. The molecule has 0 unspecified atom stereocenters. The monoisotopic (exact) mass is 234 g/mol. The number of aryl methyl sites for hydroxylation is 1.